The number of rotatable bonds is 5. The zero-order valence-electron chi connectivity index (χ0n) is 11.0. The lowest BCUT2D eigenvalue weighted by Crippen LogP contribution is -2.35. The summed E-state index contributed by atoms with van der Waals surface area (Å²) in [6.45, 7) is 6.07. The number of nitrogens with one attached hydrogen (secondary N) is 2. The minimum atomic E-state index is -0.0306. The molecule has 0 saturated heterocycles. The molecule has 0 bridgehead atoms. The van der Waals surface area contributed by atoms with Crippen molar-refractivity contribution in [3.05, 3.63) is 29.3 Å². The highest BCUT2D eigenvalue weighted by Crippen LogP contribution is 2.22. The van der Waals surface area contributed by atoms with Crippen LogP contribution in [0.4, 0.5) is 5.69 Å². The summed E-state index contributed by atoms with van der Waals surface area (Å²) in [6, 6.07) is 5.84. The number of carbonyl (C=O) groups is 1. The number of benzene rings is 1. The molecule has 1 atom stereocenters. The predicted molar refractivity (Wildman–Crippen MR) is 72.1 cm³/mol. The molecule has 1 amide bonds. The average Bonchev–Trinajstić information content (AvgIpc) is 2.83. The minimum absolute atomic E-state index is 0.0306. The topological polar surface area (TPSA) is 50.4 Å². The summed E-state index contributed by atoms with van der Waals surface area (Å²) in [7, 11) is 0. The first kappa shape index (κ1) is 12.9. The van der Waals surface area contributed by atoms with Crippen molar-refractivity contribution < 1.29 is 9.53 Å². The van der Waals surface area contributed by atoms with Crippen LogP contribution in [0.15, 0.2) is 18.2 Å². The van der Waals surface area contributed by atoms with Crippen molar-refractivity contribution in [2.75, 3.05) is 25.1 Å². The second kappa shape index (κ2) is 5.87. The number of hydrogen-bond acceptors (Lipinski definition) is 3. The minimum Gasteiger partial charge on any atom is -0.384 e. The first-order valence-electron chi connectivity index (χ1n) is 6.46. The predicted octanol–water partition coefficient (Wildman–Crippen LogP) is 1.81. The number of ether oxygens (including phenoxy) is 1. The van der Waals surface area contributed by atoms with Gasteiger partial charge in [-0.2, -0.15) is 0 Å². The Morgan fingerprint density at radius 2 is 2.39 bits per heavy atom. The number of hydrogen-bond donors (Lipinski definition) is 2. The fourth-order valence-electron chi connectivity index (χ4n) is 2.09. The average molecular weight is 248 g/mol. The summed E-state index contributed by atoms with van der Waals surface area (Å²) in [4.78, 5) is 12.0. The van der Waals surface area contributed by atoms with E-state index in [2.05, 4.69) is 10.6 Å². The van der Waals surface area contributed by atoms with Gasteiger partial charge in [0.15, 0.2) is 0 Å². The summed E-state index contributed by atoms with van der Waals surface area (Å²) < 4.78 is 5.28. The van der Waals surface area contributed by atoms with Gasteiger partial charge in [-0.3, -0.25) is 4.79 Å². The molecule has 2 N–H and O–H groups in total. The summed E-state index contributed by atoms with van der Waals surface area (Å²) in [5.74, 6) is -0.0306. The van der Waals surface area contributed by atoms with Gasteiger partial charge in [-0.15, -0.1) is 0 Å². The fraction of sp³-hybridized carbons (Fsp3) is 0.500. The van der Waals surface area contributed by atoms with Crippen molar-refractivity contribution >= 4 is 11.6 Å². The van der Waals surface area contributed by atoms with Crippen molar-refractivity contribution in [2.24, 2.45) is 0 Å². The van der Waals surface area contributed by atoms with Crippen LogP contribution in [0.1, 0.15) is 29.8 Å². The van der Waals surface area contributed by atoms with E-state index >= 15 is 0 Å². The fourth-order valence-corrected chi connectivity index (χ4v) is 2.09. The van der Waals surface area contributed by atoms with Crippen molar-refractivity contribution in [3.63, 3.8) is 0 Å². The van der Waals surface area contributed by atoms with Gasteiger partial charge in [-0.05, 0) is 44.0 Å². The zero-order chi connectivity index (χ0) is 13.0. The van der Waals surface area contributed by atoms with E-state index < -0.39 is 0 Å². The summed E-state index contributed by atoms with van der Waals surface area (Å²) in [5.41, 5.74) is 3.09. The molecule has 4 nitrogen and oxygen atoms in total. The lowest BCUT2D eigenvalue weighted by molar-refractivity contribution is 0.0872. The number of amides is 1. The Balaban J connectivity index is 1.96. The lowest BCUT2D eigenvalue weighted by atomic mass is 10.1. The van der Waals surface area contributed by atoms with Crippen molar-refractivity contribution in [1.82, 2.24) is 5.32 Å². The number of carbonyl (C=O) groups excluding carboxylic acids is 1. The molecular weight excluding hydrogens is 228 g/mol. The molecule has 18 heavy (non-hydrogen) atoms. The third kappa shape index (κ3) is 3.01. The van der Waals surface area contributed by atoms with Crippen LogP contribution < -0.4 is 10.6 Å². The van der Waals surface area contributed by atoms with Crippen LogP contribution in [-0.2, 0) is 11.2 Å². The molecule has 0 aliphatic carbocycles. The Morgan fingerprint density at radius 1 is 1.56 bits per heavy atom. The standard InChI is InChI=1S/C14H20N2O2/c1-3-18-9-10(2)16-14(17)12-4-5-13-11(8-12)6-7-15-13/h4-5,8,10,15H,3,6-7,9H2,1-2H3,(H,16,17). The molecule has 0 spiro atoms. The molecule has 0 aromatic heterocycles. The Labute approximate surface area is 108 Å². The number of fused-ring (bicyclic) bond motifs is 1. The molecule has 1 unspecified atom stereocenters. The molecule has 2 rings (SSSR count). The molecule has 1 aromatic rings. The van der Waals surface area contributed by atoms with Crippen molar-refractivity contribution in [1.29, 1.82) is 0 Å². The largest absolute Gasteiger partial charge is 0.384 e. The molecule has 1 aliphatic heterocycles. The van der Waals surface area contributed by atoms with E-state index in [-0.39, 0.29) is 11.9 Å². The highest BCUT2D eigenvalue weighted by molar-refractivity contribution is 5.95. The Bertz CT molecular complexity index is 432. The van der Waals surface area contributed by atoms with E-state index in [1.807, 2.05) is 32.0 Å². The van der Waals surface area contributed by atoms with E-state index in [1.54, 1.807) is 0 Å². The van der Waals surface area contributed by atoms with Crippen LogP contribution in [0.2, 0.25) is 0 Å². The molecule has 0 fully saturated rings. The smallest absolute Gasteiger partial charge is 0.251 e. The molecule has 0 saturated carbocycles. The second-order valence-electron chi connectivity index (χ2n) is 4.58. The van der Waals surface area contributed by atoms with Crippen LogP contribution in [-0.4, -0.2) is 31.7 Å². The normalized spacial score (nSPS) is 14.8. The monoisotopic (exact) mass is 248 g/mol. The van der Waals surface area contributed by atoms with E-state index in [0.717, 1.165) is 24.2 Å². The summed E-state index contributed by atoms with van der Waals surface area (Å²) >= 11 is 0. The Kier molecular flexibility index (Phi) is 4.20. The van der Waals surface area contributed by atoms with E-state index in [4.69, 9.17) is 4.74 Å². The lowest BCUT2D eigenvalue weighted by Gasteiger charge is -2.14. The van der Waals surface area contributed by atoms with Crippen LogP contribution in [0.5, 0.6) is 0 Å². The third-order valence-corrected chi connectivity index (χ3v) is 3.03. The van der Waals surface area contributed by atoms with Gasteiger partial charge in [0.2, 0.25) is 0 Å². The van der Waals surface area contributed by atoms with Gasteiger partial charge in [0.1, 0.15) is 0 Å². The molecular formula is C14H20N2O2. The highest BCUT2D eigenvalue weighted by Gasteiger charge is 2.14. The highest BCUT2D eigenvalue weighted by atomic mass is 16.5. The summed E-state index contributed by atoms with van der Waals surface area (Å²) in [6.07, 6.45) is 0.991. The second-order valence-corrected chi connectivity index (χ2v) is 4.58. The van der Waals surface area contributed by atoms with Crippen LogP contribution in [0, 0.1) is 0 Å². The first-order valence-corrected chi connectivity index (χ1v) is 6.46. The first-order chi connectivity index (χ1) is 8.70. The molecule has 4 heteroatoms. The molecule has 0 radical (unpaired) electrons. The summed E-state index contributed by atoms with van der Waals surface area (Å²) in [5, 5.41) is 6.22. The molecule has 98 valence electrons. The Morgan fingerprint density at radius 3 is 3.17 bits per heavy atom. The zero-order valence-corrected chi connectivity index (χ0v) is 11.0. The maximum Gasteiger partial charge on any atom is 0.251 e. The number of anilines is 1. The maximum absolute atomic E-state index is 12.0. The molecule has 1 aromatic carbocycles. The quantitative estimate of drug-likeness (QED) is 0.835. The van der Waals surface area contributed by atoms with Gasteiger partial charge in [0.05, 0.1) is 6.61 Å². The van der Waals surface area contributed by atoms with Crippen LogP contribution >= 0.6 is 0 Å². The maximum atomic E-state index is 12.0. The van der Waals surface area contributed by atoms with Gasteiger partial charge in [-0.1, -0.05) is 0 Å². The van der Waals surface area contributed by atoms with Crippen LogP contribution in [0.3, 0.4) is 0 Å². The van der Waals surface area contributed by atoms with Gasteiger partial charge in [0.25, 0.3) is 5.91 Å². The van der Waals surface area contributed by atoms with Crippen molar-refractivity contribution in [2.45, 2.75) is 26.3 Å². The third-order valence-electron chi connectivity index (χ3n) is 3.03. The van der Waals surface area contributed by atoms with Gasteiger partial charge in [-0.25, -0.2) is 0 Å². The van der Waals surface area contributed by atoms with Gasteiger partial charge < -0.3 is 15.4 Å². The van der Waals surface area contributed by atoms with Gasteiger partial charge in [0, 0.05) is 30.4 Å². The Hall–Kier alpha value is -1.55. The van der Waals surface area contributed by atoms with Gasteiger partial charge >= 0.3 is 0 Å². The molecule has 1 heterocycles. The molecule has 1 aliphatic rings. The van der Waals surface area contributed by atoms with E-state index in [9.17, 15) is 4.79 Å². The van der Waals surface area contributed by atoms with Crippen LogP contribution in [0.25, 0.3) is 0 Å². The van der Waals surface area contributed by atoms with E-state index in [0.29, 0.717) is 13.2 Å². The van der Waals surface area contributed by atoms with E-state index in [1.165, 1.54) is 5.56 Å². The SMILES string of the molecule is CCOCC(C)NC(=O)c1ccc2c(c1)CCN2. The van der Waals surface area contributed by atoms with Crippen molar-refractivity contribution in [3.8, 4) is 0 Å².